The van der Waals surface area contributed by atoms with Gasteiger partial charge in [0.15, 0.2) is 0 Å². The van der Waals surface area contributed by atoms with Crippen LogP contribution in [-0.4, -0.2) is 52.1 Å². The molecule has 4 rings (SSSR count). The lowest BCUT2D eigenvalue weighted by molar-refractivity contribution is -0.144. The molecule has 2 aromatic rings. The van der Waals surface area contributed by atoms with Gasteiger partial charge in [-0.05, 0) is 49.9 Å². The number of carbonyl (C=O) groups excluding carboxylic acids is 4. The summed E-state index contributed by atoms with van der Waals surface area (Å²) in [6.07, 6.45) is 5.12. The normalized spacial score (nSPS) is 19.3. The summed E-state index contributed by atoms with van der Waals surface area (Å²) in [6.45, 7) is 3.75. The monoisotopic (exact) mass is 569 g/mol. The molecule has 7 nitrogen and oxygen atoms in total. The number of rotatable bonds is 10. The van der Waals surface area contributed by atoms with Gasteiger partial charge in [0, 0.05) is 42.0 Å². The maximum Gasteiger partial charge on any atom is 0.243 e. The number of carbonyl (C=O) groups is 4. The number of hydrogen-bond acceptors (Lipinski definition) is 4. The summed E-state index contributed by atoms with van der Waals surface area (Å²) < 4.78 is 0. The number of halogens is 2. The Kier molecular flexibility index (Phi) is 9.46. The Hall–Kier alpha value is -3.16. The Balaban J connectivity index is 1.61. The first kappa shape index (κ1) is 28.8. The largest absolute Gasteiger partial charge is 0.352 e. The van der Waals surface area contributed by atoms with Crippen LogP contribution in [0.25, 0.3) is 0 Å². The molecule has 1 unspecified atom stereocenters. The maximum absolute atomic E-state index is 13.8. The molecule has 0 saturated carbocycles. The molecule has 2 aromatic carbocycles. The summed E-state index contributed by atoms with van der Waals surface area (Å²) in [5.41, 5.74) is 1.53. The van der Waals surface area contributed by atoms with Crippen molar-refractivity contribution in [3.05, 3.63) is 81.9 Å². The minimum absolute atomic E-state index is 0.0296. The number of fused-ring (bicyclic) bond motifs is 1. The first-order chi connectivity index (χ1) is 18.7. The average Bonchev–Trinajstić information content (AvgIpc) is 3.15. The van der Waals surface area contributed by atoms with Gasteiger partial charge in [0.25, 0.3) is 0 Å². The first-order valence-electron chi connectivity index (χ1n) is 13.2. The second-order valence-electron chi connectivity index (χ2n) is 10.4. The lowest BCUT2D eigenvalue weighted by atomic mass is 9.85. The average molecular weight is 571 g/mol. The third kappa shape index (κ3) is 6.89. The lowest BCUT2D eigenvalue weighted by Crippen LogP contribution is -2.52. The Labute approximate surface area is 239 Å². The van der Waals surface area contributed by atoms with Crippen molar-refractivity contribution in [2.45, 2.75) is 58.2 Å². The third-order valence-electron chi connectivity index (χ3n) is 7.21. The van der Waals surface area contributed by atoms with E-state index in [1.54, 1.807) is 18.2 Å². The van der Waals surface area contributed by atoms with Gasteiger partial charge in [0.05, 0.1) is 11.8 Å². The number of hydrogen-bond donors (Lipinski definition) is 1. The van der Waals surface area contributed by atoms with E-state index in [0.717, 1.165) is 5.56 Å². The highest BCUT2D eigenvalue weighted by Gasteiger charge is 2.47. The predicted octanol–water partition coefficient (Wildman–Crippen LogP) is 4.80. The highest BCUT2D eigenvalue weighted by molar-refractivity contribution is 6.35. The van der Waals surface area contributed by atoms with Crippen molar-refractivity contribution in [1.82, 2.24) is 15.1 Å². The molecular formula is C30H33Cl2N3O4. The fraction of sp³-hybridized carbons (Fsp3) is 0.400. The van der Waals surface area contributed by atoms with Crippen LogP contribution in [0.2, 0.25) is 10.0 Å². The fourth-order valence-corrected chi connectivity index (χ4v) is 5.68. The summed E-state index contributed by atoms with van der Waals surface area (Å²) >= 11 is 12.6. The van der Waals surface area contributed by atoms with Crippen molar-refractivity contribution >= 4 is 46.8 Å². The summed E-state index contributed by atoms with van der Waals surface area (Å²) in [5.74, 6) is -1.82. The molecule has 206 valence electrons. The molecule has 1 aliphatic carbocycles. The van der Waals surface area contributed by atoms with Crippen molar-refractivity contribution in [2.24, 2.45) is 11.8 Å². The fourth-order valence-electron chi connectivity index (χ4n) is 5.21. The SMILES string of the molecule is CC(C)NC(=O)C(Cc1ccccc1)N(Cc1ccc(Cl)cc1Cl)C(=O)CCN1C(=O)[C@H]2CC=CC[C@H]2C1=O. The molecule has 1 aliphatic heterocycles. The van der Waals surface area contributed by atoms with Gasteiger partial charge >= 0.3 is 0 Å². The number of nitrogens with one attached hydrogen (secondary N) is 1. The van der Waals surface area contributed by atoms with E-state index in [2.05, 4.69) is 5.32 Å². The van der Waals surface area contributed by atoms with E-state index < -0.39 is 6.04 Å². The van der Waals surface area contributed by atoms with E-state index in [1.165, 1.54) is 9.80 Å². The third-order valence-corrected chi connectivity index (χ3v) is 7.79. The van der Waals surface area contributed by atoms with Crippen molar-refractivity contribution in [3.8, 4) is 0 Å². The van der Waals surface area contributed by atoms with Crippen LogP contribution in [0, 0.1) is 11.8 Å². The van der Waals surface area contributed by atoms with E-state index in [4.69, 9.17) is 23.2 Å². The Morgan fingerprint density at radius 2 is 1.64 bits per heavy atom. The number of nitrogens with zero attached hydrogens (tertiary/aromatic N) is 2. The van der Waals surface area contributed by atoms with Crippen LogP contribution in [-0.2, 0) is 32.1 Å². The van der Waals surface area contributed by atoms with Crippen LogP contribution in [0.4, 0.5) is 0 Å². The quantitative estimate of drug-likeness (QED) is 0.329. The van der Waals surface area contributed by atoms with Crippen LogP contribution >= 0.6 is 23.2 Å². The molecule has 1 heterocycles. The van der Waals surface area contributed by atoms with Crippen LogP contribution in [0.1, 0.15) is 44.2 Å². The molecule has 4 amide bonds. The molecule has 3 atom stereocenters. The molecule has 0 spiro atoms. The van der Waals surface area contributed by atoms with Crippen molar-refractivity contribution in [2.75, 3.05) is 6.54 Å². The van der Waals surface area contributed by atoms with Crippen LogP contribution < -0.4 is 5.32 Å². The van der Waals surface area contributed by atoms with Crippen LogP contribution in [0.5, 0.6) is 0 Å². The molecule has 39 heavy (non-hydrogen) atoms. The van der Waals surface area contributed by atoms with E-state index in [0.29, 0.717) is 28.5 Å². The zero-order valence-corrected chi connectivity index (χ0v) is 23.6. The molecule has 1 fully saturated rings. The number of amides is 4. The van der Waals surface area contributed by atoms with Gasteiger partial charge in [0.1, 0.15) is 6.04 Å². The predicted molar refractivity (Wildman–Crippen MR) is 151 cm³/mol. The second kappa shape index (κ2) is 12.8. The first-order valence-corrected chi connectivity index (χ1v) is 14.0. The molecule has 0 radical (unpaired) electrons. The van der Waals surface area contributed by atoms with E-state index in [1.807, 2.05) is 56.3 Å². The van der Waals surface area contributed by atoms with E-state index in [9.17, 15) is 19.2 Å². The van der Waals surface area contributed by atoms with Crippen molar-refractivity contribution in [1.29, 1.82) is 0 Å². The molecule has 2 aliphatic rings. The molecule has 1 saturated heterocycles. The molecule has 9 heteroatoms. The highest BCUT2D eigenvalue weighted by Crippen LogP contribution is 2.35. The van der Waals surface area contributed by atoms with Gasteiger partial charge < -0.3 is 10.2 Å². The zero-order valence-electron chi connectivity index (χ0n) is 22.1. The summed E-state index contributed by atoms with van der Waals surface area (Å²) in [4.78, 5) is 56.0. The topological polar surface area (TPSA) is 86.8 Å². The Bertz CT molecular complexity index is 1240. The minimum atomic E-state index is -0.842. The van der Waals surface area contributed by atoms with Gasteiger partial charge in [-0.1, -0.05) is 71.8 Å². The summed E-state index contributed by atoms with van der Waals surface area (Å²) in [5, 5.41) is 3.78. The molecule has 0 aromatic heterocycles. The zero-order chi connectivity index (χ0) is 28.1. The van der Waals surface area contributed by atoms with Gasteiger partial charge in [0.2, 0.25) is 23.6 Å². The van der Waals surface area contributed by atoms with Gasteiger partial charge in [-0.25, -0.2) is 0 Å². The van der Waals surface area contributed by atoms with Gasteiger partial charge in [-0.15, -0.1) is 0 Å². The lowest BCUT2D eigenvalue weighted by Gasteiger charge is -2.32. The van der Waals surface area contributed by atoms with Gasteiger partial charge in [-0.3, -0.25) is 24.1 Å². The van der Waals surface area contributed by atoms with E-state index >= 15 is 0 Å². The number of allylic oxidation sites excluding steroid dienone is 2. The highest BCUT2D eigenvalue weighted by atomic mass is 35.5. The van der Waals surface area contributed by atoms with Crippen LogP contribution in [0.15, 0.2) is 60.7 Å². The van der Waals surface area contributed by atoms with Crippen molar-refractivity contribution < 1.29 is 19.2 Å². The molecular weight excluding hydrogens is 537 g/mol. The number of benzene rings is 2. The molecule has 0 bridgehead atoms. The van der Waals surface area contributed by atoms with Gasteiger partial charge in [-0.2, -0.15) is 0 Å². The number of imide groups is 1. The molecule has 1 N–H and O–H groups in total. The summed E-state index contributed by atoms with van der Waals surface area (Å²) in [7, 11) is 0. The minimum Gasteiger partial charge on any atom is -0.352 e. The maximum atomic E-state index is 13.8. The van der Waals surface area contributed by atoms with Crippen molar-refractivity contribution in [3.63, 3.8) is 0 Å². The van der Waals surface area contributed by atoms with Crippen LogP contribution in [0.3, 0.4) is 0 Å². The number of likely N-dealkylation sites (tertiary alicyclic amines) is 1. The van der Waals surface area contributed by atoms with E-state index in [-0.39, 0.29) is 67.4 Å². The summed E-state index contributed by atoms with van der Waals surface area (Å²) in [6, 6.07) is 13.5. The smallest absolute Gasteiger partial charge is 0.243 e. The Morgan fingerprint density at radius 1 is 1.00 bits per heavy atom. The standard InChI is InChI=1S/C30H33Cl2N3O4/c1-19(2)33-28(37)26(16-20-8-4-3-5-9-20)35(18-21-12-13-22(31)17-25(21)32)27(36)14-15-34-29(38)23-10-6-7-11-24(23)30(34)39/h3-9,12-13,17,19,23-24,26H,10-11,14-16,18H2,1-2H3,(H,33,37)/t23-,24+,26?. The Morgan fingerprint density at radius 3 is 2.23 bits per heavy atom. The second-order valence-corrected chi connectivity index (χ2v) is 11.2.